The molecule has 0 unspecified atom stereocenters. The number of carbonyl (C=O) groups is 1. The van der Waals surface area contributed by atoms with E-state index in [2.05, 4.69) is 30.8 Å². The second kappa shape index (κ2) is 7.93. The third-order valence-corrected chi connectivity index (χ3v) is 4.18. The molecule has 4 rings (SSSR count). The number of amides is 1. The summed E-state index contributed by atoms with van der Waals surface area (Å²) in [5.41, 5.74) is 3.25. The van der Waals surface area contributed by atoms with Crippen LogP contribution < -0.4 is 10.6 Å². The second-order valence-electron chi connectivity index (χ2n) is 6.49. The van der Waals surface area contributed by atoms with Crippen molar-refractivity contribution in [2.24, 2.45) is 7.05 Å². The predicted molar refractivity (Wildman–Crippen MR) is 111 cm³/mol. The molecule has 3 heterocycles. The lowest BCUT2D eigenvalue weighted by Crippen LogP contribution is -2.09. The van der Waals surface area contributed by atoms with Crippen LogP contribution in [0.1, 0.15) is 12.5 Å². The molecule has 0 atom stereocenters. The van der Waals surface area contributed by atoms with E-state index in [0.717, 1.165) is 28.0 Å². The van der Waals surface area contributed by atoms with Gasteiger partial charge in [0.25, 0.3) is 0 Å². The molecule has 0 saturated heterocycles. The van der Waals surface area contributed by atoms with Gasteiger partial charge in [-0.05, 0) is 30.7 Å². The molecule has 1 aromatic carbocycles. The minimum absolute atomic E-state index is 0.159. The van der Waals surface area contributed by atoms with Crippen LogP contribution in [0.15, 0.2) is 61.2 Å². The van der Waals surface area contributed by atoms with Crippen molar-refractivity contribution in [3.63, 3.8) is 0 Å². The van der Waals surface area contributed by atoms with Crippen molar-refractivity contribution in [2.75, 3.05) is 10.6 Å². The number of allylic oxidation sites excluding steroid dienone is 1. The zero-order valence-electron chi connectivity index (χ0n) is 16.1. The minimum atomic E-state index is -0.159. The summed E-state index contributed by atoms with van der Waals surface area (Å²) in [4.78, 5) is 20.7. The highest BCUT2D eigenvalue weighted by Crippen LogP contribution is 2.18. The van der Waals surface area contributed by atoms with Gasteiger partial charge in [0.15, 0.2) is 5.65 Å². The van der Waals surface area contributed by atoms with Gasteiger partial charge in [-0.2, -0.15) is 15.2 Å². The van der Waals surface area contributed by atoms with Crippen LogP contribution in [-0.4, -0.2) is 35.4 Å². The van der Waals surface area contributed by atoms with Gasteiger partial charge in [0.05, 0.1) is 30.0 Å². The van der Waals surface area contributed by atoms with E-state index in [1.807, 2.05) is 37.5 Å². The third kappa shape index (κ3) is 4.29. The van der Waals surface area contributed by atoms with E-state index in [4.69, 9.17) is 0 Å². The van der Waals surface area contributed by atoms with E-state index in [1.165, 1.54) is 6.08 Å². The van der Waals surface area contributed by atoms with Crippen molar-refractivity contribution in [2.45, 2.75) is 13.5 Å². The van der Waals surface area contributed by atoms with Crippen LogP contribution in [0.4, 0.5) is 17.3 Å². The van der Waals surface area contributed by atoms with Crippen LogP contribution in [0.2, 0.25) is 0 Å². The van der Waals surface area contributed by atoms with E-state index in [0.29, 0.717) is 12.5 Å². The number of nitrogens with one attached hydrogen (secondary N) is 2. The molecule has 29 heavy (non-hydrogen) atoms. The Morgan fingerprint density at radius 1 is 1.17 bits per heavy atom. The van der Waals surface area contributed by atoms with Gasteiger partial charge in [-0.1, -0.05) is 18.2 Å². The number of rotatable bonds is 6. The SMILES string of the molecule is CC=CC(=O)Nc1cccc(Cn2ncc3cnc(Nc4cnn(C)c4)nc32)c1. The molecule has 0 bridgehead atoms. The van der Waals surface area contributed by atoms with Gasteiger partial charge in [-0.15, -0.1) is 0 Å². The van der Waals surface area contributed by atoms with Crippen molar-refractivity contribution in [1.29, 1.82) is 0 Å². The number of aryl methyl sites for hydroxylation is 1. The highest BCUT2D eigenvalue weighted by Gasteiger charge is 2.09. The Hall–Kier alpha value is -4.01. The van der Waals surface area contributed by atoms with Crippen LogP contribution in [0.3, 0.4) is 0 Å². The zero-order valence-corrected chi connectivity index (χ0v) is 16.1. The molecule has 146 valence electrons. The topological polar surface area (TPSA) is 103 Å². The number of carbonyl (C=O) groups excluding carboxylic acids is 1. The fraction of sp³-hybridized carbons (Fsp3) is 0.150. The zero-order chi connectivity index (χ0) is 20.2. The van der Waals surface area contributed by atoms with Gasteiger partial charge in [0.1, 0.15) is 0 Å². The number of hydrogen-bond acceptors (Lipinski definition) is 6. The van der Waals surface area contributed by atoms with Crippen LogP contribution in [0.5, 0.6) is 0 Å². The Bertz CT molecular complexity index is 1190. The van der Waals surface area contributed by atoms with Gasteiger partial charge in [0, 0.05) is 25.1 Å². The van der Waals surface area contributed by atoms with Crippen LogP contribution >= 0.6 is 0 Å². The first-order valence-electron chi connectivity index (χ1n) is 9.07. The maximum atomic E-state index is 11.8. The smallest absolute Gasteiger partial charge is 0.248 e. The fourth-order valence-electron chi connectivity index (χ4n) is 2.91. The van der Waals surface area contributed by atoms with Gasteiger partial charge < -0.3 is 10.6 Å². The summed E-state index contributed by atoms with van der Waals surface area (Å²) in [5, 5.41) is 15.4. The lowest BCUT2D eigenvalue weighted by Gasteiger charge is -2.08. The van der Waals surface area contributed by atoms with Crippen LogP contribution in [-0.2, 0) is 18.4 Å². The molecule has 0 aliphatic rings. The molecule has 9 nitrogen and oxygen atoms in total. The first-order chi connectivity index (χ1) is 14.1. The molecule has 2 N–H and O–H groups in total. The second-order valence-corrected chi connectivity index (χ2v) is 6.49. The summed E-state index contributed by atoms with van der Waals surface area (Å²) >= 11 is 0. The molecular weight excluding hydrogens is 368 g/mol. The minimum Gasteiger partial charge on any atom is -0.323 e. The number of hydrogen-bond donors (Lipinski definition) is 2. The summed E-state index contributed by atoms with van der Waals surface area (Å²) in [5.74, 6) is 0.313. The molecule has 0 aliphatic heterocycles. The molecule has 0 spiro atoms. The standard InChI is InChI=1S/C20H20N8O/c1-3-5-18(29)24-16-7-4-6-14(8-16)12-28-19-15(10-23-28)9-21-20(26-19)25-17-11-22-27(2)13-17/h3-11,13H,12H2,1-2H3,(H,24,29)(H,21,25,26). The van der Waals surface area contributed by atoms with Gasteiger partial charge in [0.2, 0.25) is 11.9 Å². The van der Waals surface area contributed by atoms with E-state index in [-0.39, 0.29) is 5.91 Å². The maximum absolute atomic E-state index is 11.8. The van der Waals surface area contributed by atoms with Gasteiger partial charge in [-0.3, -0.25) is 9.48 Å². The van der Waals surface area contributed by atoms with Crippen LogP contribution in [0, 0.1) is 0 Å². The first kappa shape index (κ1) is 18.4. The number of anilines is 3. The highest BCUT2D eigenvalue weighted by atomic mass is 16.1. The average molecular weight is 388 g/mol. The molecule has 0 saturated carbocycles. The van der Waals surface area contributed by atoms with Crippen molar-refractivity contribution in [3.8, 4) is 0 Å². The summed E-state index contributed by atoms with van der Waals surface area (Å²) in [6.07, 6.45) is 10.2. The number of fused-ring (bicyclic) bond motifs is 1. The molecule has 3 aromatic heterocycles. The number of aromatic nitrogens is 6. The number of benzene rings is 1. The fourth-order valence-corrected chi connectivity index (χ4v) is 2.91. The summed E-state index contributed by atoms with van der Waals surface area (Å²) < 4.78 is 3.51. The Kier molecular flexibility index (Phi) is 5.02. The lowest BCUT2D eigenvalue weighted by atomic mass is 10.2. The molecule has 9 heteroatoms. The van der Waals surface area contributed by atoms with Crippen molar-refractivity contribution >= 4 is 34.3 Å². The Balaban J connectivity index is 1.56. The quantitative estimate of drug-likeness (QED) is 0.493. The van der Waals surface area contributed by atoms with Crippen molar-refractivity contribution < 1.29 is 4.79 Å². The van der Waals surface area contributed by atoms with E-state index in [1.54, 1.807) is 41.0 Å². The predicted octanol–water partition coefficient (Wildman–Crippen LogP) is 2.87. The van der Waals surface area contributed by atoms with E-state index < -0.39 is 0 Å². The molecule has 0 fully saturated rings. The van der Waals surface area contributed by atoms with Gasteiger partial charge in [-0.25, -0.2) is 9.67 Å². The lowest BCUT2D eigenvalue weighted by molar-refractivity contribution is -0.111. The maximum Gasteiger partial charge on any atom is 0.248 e. The average Bonchev–Trinajstić information content (AvgIpc) is 3.28. The highest BCUT2D eigenvalue weighted by molar-refractivity contribution is 5.99. The van der Waals surface area contributed by atoms with Gasteiger partial charge >= 0.3 is 0 Å². The van der Waals surface area contributed by atoms with Crippen molar-refractivity contribution in [3.05, 3.63) is 66.8 Å². The Labute approximate surface area is 167 Å². The molecule has 1 amide bonds. The molecule has 4 aromatic rings. The Morgan fingerprint density at radius 3 is 2.86 bits per heavy atom. The van der Waals surface area contributed by atoms with Crippen LogP contribution in [0.25, 0.3) is 11.0 Å². The summed E-state index contributed by atoms with van der Waals surface area (Å²) in [6, 6.07) is 7.65. The molecule has 0 radical (unpaired) electrons. The largest absolute Gasteiger partial charge is 0.323 e. The Morgan fingerprint density at radius 2 is 2.07 bits per heavy atom. The van der Waals surface area contributed by atoms with E-state index >= 15 is 0 Å². The first-order valence-corrected chi connectivity index (χ1v) is 9.07. The summed E-state index contributed by atoms with van der Waals surface area (Å²) in [6.45, 7) is 2.32. The molecule has 0 aliphatic carbocycles. The number of nitrogens with zero attached hydrogens (tertiary/aromatic N) is 6. The third-order valence-electron chi connectivity index (χ3n) is 4.18. The normalized spacial score (nSPS) is 11.2. The van der Waals surface area contributed by atoms with E-state index in [9.17, 15) is 4.79 Å². The summed E-state index contributed by atoms with van der Waals surface area (Å²) in [7, 11) is 1.85. The van der Waals surface area contributed by atoms with Crippen molar-refractivity contribution in [1.82, 2.24) is 29.5 Å². The molecular formula is C20H20N8O. The monoisotopic (exact) mass is 388 g/mol.